The van der Waals surface area contributed by atoms with E-state index < -0.39 is 11.8 Å². The molecule has 0 radical (unpaired) electrons. The molecule has 0 atom stereocenters. The number of carbonyl (C=O) groups is 2. The Balaban J connectivity index is 1.76. The van der Waals surface area contributed by atoms with Crippen LogP contribution in [0.25, 0.3) is 6.08 Å². The van der Waals surface area contributed by atoms with Crippen LogP contribution in [-0.2, 0) is 9.59 Å². The molecular weight excluding hydrogens is 395 g/mol. The number of methoxy groups -OCH3 is 1. The molecule has 2 aromatic carbocycles. The van der Waals surface area contributed by atoms with Gasteiger partial charge in [0.05, 0.1) is 18.5 Å². The number of halogens is 1. The van der Waals surface area contributed by atoms with Crippen molar-refractivity contribution in [2.75, 3.05) is 12.0 Å². The molecule has 0 unspecified atom stereocenters. The molecule has 0 aliphatic heterocycles. The van der Waals surface area contributed by atoms with Gasteiger partial charge in [0.1, 0.15) is 5.82 Å². The maximum Gasteiger partial charge on any atom is 0.336 e. The number of esters is 1. The Labute approximate surface area is 170 Å². The van der Waals surface area contributed by atoms with E-state index in [4.69, 9.17) is 9.47 Å². The topological polar surface area (TPSA) is 68.7 Å². The van der Waals surface area contributed by atoms with Crippen LogP contribution in [-0.4, -0.2) is 24.0 Å². The molecule has 29 heavy (non-hydrogen) atoms. The predicted octanol–water partition coefficient (Wildman–Crippen LogP) is 4.59. The van der Waals surface area contributed by atoms with Crippen molar-refractivity contribution < 1.29 is 23.5 Å². The summed E-state index contributed by atoms with van der Waals surface area (Å²) in [4.78, 5) is 29.6. The van der Waals surface area contributed by atoms with Crippen LogP contribution in [0, 0.1) is 5.82 Å². The second-order valence-corrected chi connectivity index (χ2v) is 6.60. The predicted molar refractivity (Wildman–Crippen MR) is 109 cm³/mol. The number of carbonyl (C=O) groups excluding carboxylic acids is 2. The van der Waals surface area contributed by atoms with Crippen LogP contribution in [0.15, 0.2) is 60.0 Å². The maximum atomic E-state index is 14.1. The summed E-state index contributed by atoms with van der Waals surface area (Å²) in [5.41, 5.74) is 0.546. The molecule has 0 aliphatic carbocycles. The molecule has 1 aromatic heterocycles. The average molecular weight is 412 g/mol. The van der Waals surface area contributed by atoms with Gasteiger partial charge in [0.15, 0.2) is 16.6 Å². The SMILES string of the molecule is COc1ccccc1OC(=O)/C=C/c1csc(N(C(C)=O)c2ccccc2F)n1. The zero-order chi connectivity index (χ0) is 20.8. The molecule has 3 rings (SSSR count). The van der Waals surface area contributed by atoms with Gasteiger partial charge in [-0.3, -0.25) is 9.69 Å². The van der Waals surface area contributed by atoms with Crippen LogP contribution in [0.3, 0.4) is 0 Å². The minimum absolute atomic E-state index is 0.112. The largest absolute Gasteiger partial charge is 0.493 e. The summed E-state index contributed by atoms with van der Waals surface area (Å²) in [6.07, 6.45) is 2.67. The van der Waals surface area contributed by atoms with Gasteiger partial charge in [0.2, 0.25) is 5.91 Å². The molecule has 0 N–H and O–H groups in total. The third-order valence-electron chi connectivity index (χ3n) is 3.78. The number of hydrogen-bond acceptors (Lipinski definition) is 6. The fourth-order valence-corrected chi connectivity index (χ4v) is 3.34. The van der Waals surface area contributed by atoms with Gasteiger partial charge in [-0.2, -0.15) is 0 Å². The molecule has 0 saturated heterocycles. The Kier molecular flexibility index (Phi) is 6.36. The fourth-order valence-electron chi connectivity index (χ4n) is 2.49. The van der Waals surface area contributed by atoms with E-state index in [1.54, 1.807) is 41.8 Å². The molecule has 1 amide bonds. The summed E-state index contributed by atoms with van der Waals surface area (Å²) < 4.78 is 24.5. The Hall–Kier alpha value is -3.52. The van der Waals surface area contributed by atoms with E-state index in [0.29, 0.717) is 22.3 Å². The standard InChI is InChI=1S/C21H17FN2O4S/c1-14(25)24(17-8-4-3-7-16(17)22)21-23-15(13-29-21)11-12-20(26)28-19-10-6-5-9-18(19)27-2/h3-13H,1-2H3/b12-11+. The number of thiazole rings is 1. The number of nitrogens with zero attached hydrogens (tertiary/aromatic N) is 2. The third-order valence-corrected chi connectivity index (χ3v) is 4.62. The van der Waals surface area contributed by atoms with Crippen LogP contribution in [0.2, 0.25) is 0 Å². The van der Waals surface area contributed by atoms with Crippen LogP contribution in [0.1, 0.15) is 12.6 Å². The van der Waals surface area contributed by atoms with Gasteiger partial charge in [-0.1, -0.05) is 24.3 Å². The first-order valence-corrected chi connectivity index (χ1v) is 9.41. The van der Waals surface area contributed by atoms with Gasteiger partial charge in [-0.05, 0) is 30.3 Å². The minimum Gasteiger partial charge on any atom is -0.493 e. The van der Waals surface area contributed by atoms with Crippen LogP contribution in [0.4, 0.5) is 15.2 Å². The molecule has 6 nitrogen and oxygen atoms in total. The quantitative estimate of drug-likeness (QED) is 0.336. The van der Waals surface area contributed by atoms with Gasteiger partial charge < -0.3 is 9.47 Å². The number of ether oxygens (including phenoxy) is 2. The van der Waals surface area contributed by atoms with Gasteiger partial charge in [0, 0.05) is 18.4 Å². The van der Waals surface area contributed by atoms with Crippen LogP contribution in [0.5, 0.6) is 11.5 Å². The summed E-state index contributed by atoms with van der Waals surface area (Å²) in [6.45, 7) is 1.33. The third kappa shape index (κ3) is 4.85. The Morgan fingerprint density at radius 2 is 1.79 bits per heavy atom. The van der Waals surface area contributed by atoms with E-state index in [2.05, 4.69) is 4.98 Å². The highest BCUT2D eigenvalue weighted by Gasteiger charge is 2.20. The molecular formula is C21H17FN2O4S. The summed E-state index contributed by atoms with van der Waals surface area (Å²) in [7, 11) is 1.48. The summed E-state index contributed by atoms with van der Waals surface area (Å²) in [6, 6.07) is 12.7. The number of benzene rings is 2. The average Bonchev–Trinajstić information content (AvgIpc) is 3.17. The minimum atomic E-state index is -0.610. The van der Waals surface area contributed by atoms with Crippen molar-refractivity contribution in [3.05, 3.63) is 71.5 Å². The highest BCUT2D eigenvalue weighted by Crippen LogP contribution is 2.31. The van der Waals surface area contributed by atoms with Crippen molar-refractivity contribution in [3.8, 4) is 11.5 Å². The zero-order valence-corrected chi connectivity index (χ0v) is 16.5. The van der Waals surface area contributed by atoms with Gasteiger partial charge in [0.25, 0.3) is 0 Å². The number of aromatic nitrogens is 1. The van der Waals surface area contributed by atoms with Gasteiger partial charge in [-0.25, -0.2) is 14.2 Å². The maximum absolute atomic E-state index is 14.1. The zero-order valence-electron chi connectivity index (χ0n) is 15.7. The van der Waals surface area contributed by atoms with Crippen molar-refractivity contribution in [2.24, 2.45) is 0 Å². The summed E-state index contributed by atoms with van der Waals surface area (Å²) >= 11 is 1.16. The van der Waals surface area contributed by atoms with E-state index in [0.717, 1.165) is 11.3 Å². The van der Waals surface area contributed by atoms with Crippen LogP contribution < -0.4 is 14.4 Å². The highest BCUT2D eigenvalue weighted by atomic mass is 32.1. The van der Waals surface area contributed by atoms with E-state index in [1.165, 1.54) is 43.2 Å². The fraction of sp³-hybridized carbons (Fsp3) is 0.0952. The van der Waals surface area contributed by atoms with Crippen molar-refractivity contribution in [1.82, 2.24) is 4.98 Å². The Bertz CT molecular complexity index is 1060. The van der Waals surface area contributed by atoms with Crippen molar-refractivity contribution in [3.63, 3.8) is 0 Å². The molecule has 0 saturated carbocycles. The second kappa shape index (κ2) is 9.11. The molecule has 0 bridgehead atoms. The molecule has 1 heterocycles. The summed E-state index contributed by atoms with van der Waals surface area (Å²) in [5.74, 6) is -0.786. The lowest BCUT2D eigenvalue weighted by molar-refractivity contribution is -0.129. The molecule has 148 valence electrons. The van der Waals surface area contributed by atoms with Gasteiger partial charge in [-0.15, -0.1) is 11.3 Å². The number of anilines is 2. The van der Waals surface area contributed by atoms with E-state index in [1.807, 2.05) is 0 Å². The lowest BCUT2D eigenvalue weighted by atomic mass is 10.3. The first-order chi connectivity index (χ1) is 14.0. The molecule has 0 fully saturated rings. The van der Waals surface area contributed by atoms with Crippen molar-refractivity contribution in [2.45, 2.75) is 6.92 Å². The summed E-state index contributed by atoms with van der Waals surface area (Å²) in [5, 5.41) is 1.94. The number of rotatable bonds is 6. The molecule has 3 aromatic rings. The second-order valence-electron chi connectivity index (χ2n) is 5.77. The number of hydrogen-bond donors (Lipinski definition) is 0. The van der Waals surface area contributed by atoms with E-state index in [-0.39, 0.29) is 11.6 Å². The van der Waals surface area contributed by atoms with E-state index in [9.17, 15) is 14.0 Å². The lowest BCUT2D eigenvalue weighted by Gasteiger charge is -2.18. The first kappa shape index (κ1) is 20.2. The van der Waals surface area contributed by atoms with Crippen molar-refractivity contribution >= 4 is 40.1 Å². The number of amides is 1. The normalized spacial score (nSPS) is 10.7. The first-order valence-electron chi connectivity index (χ1n) is 8.53. The number of para-hydroxylation sites is 3. The van der Waals surface area contributed by atoms with Crippen LogP contribution >= 0.6 is 11.3 Å². The van der Waals surface area contributed by atoms with Crippen molar-refractivity contribution in [1.29, 1.82) is 0 Å². The lowest BCUT2D eigenvalue weighted by Crippen LogP contribution is -2.23. The molecule has 0 spiro atoms. The molecule has 8 heteroatoms. The van der Waals surface area contributed by atoms with Gasteiger partial charge >= 0.3 is 5.97 Å². The highest BCUT2D eigenvalue weighted by molar-refractivity contribution is 7.14. The smallest absolute Gasteiger partial charge is 0.336 e. The monoisotopic (exact) mass is 412 g/mol. The Morgan fingerprint density at radius 1 is 1.10 bits per heavy atom. The Morgan fingerprint density at radius 3 is 2.48 bits per heavy atom. The molecule has 0 aliphatic rings. The van der Waals surface area contributed by atoms with E-state index >= 15 is 0 Å².